The van der Waals surface area contributed by atoms with Crippen molar-refractivity contribution in [3.8, 4) is 0 Å². The highest BCUT2D eigenvalue weighted by atomic mass is 32.1. The predicted octanol–water partition coefficient (Wildman–Crippen LogP) is 4.58. The molecule has 0 bridgehead atoms. The molecule has 5 rings (SSSR count). The topological polar surface area (TPSA) is 130 Å². The van der Waals surface area contributed by atoms with Gasteiger partial charge in [0.25, 0.3) is 5.91 Å². The smallest absolute Gasteiger partial charge is 0.271 e. The third-order valence-electron chi connectivity index (χ3n) is 9.57. The van der Waals surface area contributed by atoms with E-state index in [0.29, 0.717) is 44.0 Å². The van der Waals surface area contributed by atoms with E-state index in [1.165, 1.54) is 23.5 Å². The van der Waals surface area contributed by atoms with Gasteiger partial charge in [-0.2, -0.15) is 5.10 Å². The van der Waals surface area contributed by atoms with E-state index in [1.807, 2.05) is 14.0 Å². The summed E-state index contributed by atoms with van der Waals surface area (Å²) in [6.07, 6.45) is 6.36. The van der Waals surface area contributed by atoms with Gasteiger partial charge in [0.1, 0.15) is 23.2 Å². The highest BCUT2D eigenvalue weighted by Gasteiger charge is 2.35. The van der Waals surface area contributed by atoms with E-state index in [0.717, 1.165) is 32.1 Å². The molecular formula is C34H44FN7O4S. The van der Waals surface area contributed by atoms with Crippen molar-refractivity contribution in [3.63, 3.8) is 0 Å². The van der Waals surface area contributed by atoms with Crippen molar-refractivity contribution in [3.05, 3.63) is 64.1 Å². The van der Waals surface area contributed by atoms with Crippen molar-refractivity contribution in [2.24, 2.45) is 11.8 Å². The summed E-state index contributed by atoms with van der Waals surface area (Å²) in [6, 6.07) is 5.18. The van der Waals surface area contributed by atoms with Crippen LogP contribution in [-0.4, -0.2) is 87.3 Å². The number of aromatic nitrogens is 3. The van der Waals surface area contributed by atoms with Crippen LogP contribution in [0.25, 0.3) is 0 Å². The van der Waals surface area contributed by atoms with Gasteiger partial charge in [0, 0.05) is 62.6 Å². The van der Waals surface area contributed by atoms with Crippen LogP contribution in [0.15, 0.2) is 41.4 Å². The Bertz CT molecular complexity index is 1550. The molecule has 3 amide bonds. The lowest BCUT2D eigenvalue weighted by atomic mass is 9.77. The number of hydrogen-bond donors (Lipinski definition) is 2. The maximum atomic E-state index is 15.7. The molecule has 1 saturated heterocycles. The quantitative estimate of drug-likeness (QED) is 0.271. The first kappa shape index (κ1) is 34.4. The van der Waals surface area contributed by atoms with E-state index in [9.17, 15) is 19.2 Å². The summed E-state index contributed by atoms with van der Waals surface area (Å²) in [4.78, 5) is 61.7. The Morgan fingerprint density at radius 2 is 1.81 bits per heavy atom. The van der Waals surface area contributed by atoms with E-state index in [4.69, 9.17) is 0 Å². The molecule has 1 saturated carbocycles. The summed E-state index contributed by atoms with van der Waals surface area (Å²) in [6.45, 7) is 6.70. The van der Waals surface area contributed by atoms with Crippen LogP contribution >= 0.6 is 11.3 Å². The number of nitrogens with zero attached hydrogens (tertiary/aromatic N) is 5. The normalized spacial score (nSPS) is 17.9. The number of carbonyl (C=O) groups excluding carboxylic acids is 4. The number of aryl methyl sites for hydroxylation is 1. The summed E-state index contributed by atoms with van der Waals surface area (Å²) >= 11 is 1.28. The van der Waals surface area contributed by atoms with Crippen LogP contribution in [-0.2, 0) is 16.1 Å². The number of piperazine rings is 1. The number of benzene rings is 1. The zero-order valence-corrected chi connectivity index (χ0v) is 28.1. The molecule has 252 valence electrons. The van der Waals surface area contributed by atoms with Crippen molar-refractivity contribution < 1.29 is 23.6 Å². The highest BCUT2D eigenvalue weighted by Crippen LogP contribution is 2.34. The fraction of sp³-hybridized carbons (Fsp3) is 0.529. The van der Waals surface area contributed by atoms with Gasteiger partial charge in [0.15, 0.2) is 5.78 Å². The number of rotatable bonds is 12. The molecular weight excluding hydrogens is 621 g/mol. The number of nitrogens with one attached hydrogen (secondary N) is 2. The van der Waals surface area contributed by atoms with E-state index in [2.05, 4.69) is 25.6 Å². The number of anilines is 1. The number of carbonyl (C=O) groups is 4. The molecule has 3 aromatic rings. The lowest BCUT2D eigenvalue weighted by Crippen LogP contribution is -2.55. The summed E-state index contributed by atoms with van der Waals surface area (Å²) in [7, 11) is 1.99. The van der Waals surface area contributed by atoms with Gasteiger partial charge in [-0.05, 0) is 56.5 Å². The second kappa shape index (κ2) is 15.7. The lowest BCUT2D eigenvalue weighted by molar-refractivity contribution is -0.135. The maximum Gasteiger partial charge on any atom is 0.271 e. The number of Topliss-reactive ketones (excluding diaryl/α,β-unsaturated/α-hetero) is 1. The van der Waals surface area contributed by atoms with Crippen LogP contribution < -0.4 is 10.6 Å². The molecule has 3 atom stereocenters. The van der Waals surface area contributed by atoms with Gasteiger partial charge >= 0.3 is 0 Å². The van der Waals surface area contributed by atoms with Crippen molar-refractivity contribution >= 4 is 40.5 Å². The molecule has 2 fully saturated rings. The zero-order chi connectivity index (χ0) is 33.5. The lowest BCUT2D eigenvalue weighted by Gasteiger charge is -2.36. The van der Waals surface area contributed by atoms with Gasteiger partial charge < -0.3 is 20.4 Å². The van der Waals surface area contributed by atoms with E-state index in [1.54, 1.807) is 45.7 Å². The summed E-state index contributed by atoms with van der Waals surface area (Å²) < 4.78 is 17.3. The Kier molecular flexibility index (Phi) is 11.5. The molecule has 1 aliphatic heterocycles. The molecule has 11 nitrogen and oxygen atoms in total. The number of amides is 3. The SMILES string of the molecule is CCn1nccc1C(=O)C[C@H](C(=O)Nc1ccc([C@H](C)[C@@H](NC(=O)c2cscn2)C(=O)N2CCN(C)CC2)cc1F)C1CCCCC1. The Balaban J connectivity index is 1.33. The third kappa shape index (κ3) is 8.31. The van der Waals surface area contributed by atoms with Crippen molar-refractivity contribution in [2.75, 3.05) is 38.5 Å². The molecule has 1 aromatic carbocycles. The number of ketones is 1. The zero-order valence-electron chi connectivity index (χ0n) is 27.3. The van der Waals surface area contributed by atoms with Crippen LogP contribution in [0, 0.1) is 17.7 Å². The molecule has 3 heterocycles. The standard InChI is InChI=1S/C34H44FN7O4S/c1-4-42-29(12-13-37-42)30(43)19-25(23-8-6-5-7-9-23)32(44)38-27-11-10-24(18-26(27)35)22(2)31(39-33(45)28-20-47-21-36-28)34(46)41-16-14-40(3)15-17-41/h10-13,18,20-23,25,31H,4-9,14-17,19H2,1-3H3,(H,38,44)(H,39,45)/t22-,25-,31+/m0/s1. The number of hydrogen-bond acceptors (Lipinski definition) is 8. The predicted molar refractivity (Wildman–Crippen MR) is 178 cm³/mol. The monoisotopic (exact) mass is 665 g/mol. The molecule has 1 aliphatic carbocycles. The summed E-state index contributed by atoms with van der Waals surface area (Å²) in [5, 5.41) is 11.4. The largest absolute Gasteiger partial charge is 0.338 e. The summed E-state index contributed by atoms with van der Waals surface area (Å²) in [5.41, 5.74) is 2.73. The first-order chi connectivity index (χ1) is 22.7. The average molecular weight is 666 g/mol. The molecule has 2 N–H and O–H groups in total. The first-order valence-electron chi connectivity index (χ1n) is 16.5. The van der Waals surface area contributed by atoms with Crippen molar-refractivity contribution in [1.29, 1.82) is 0 Å². The average Bonchev–Trinajstić information content (AvgIpc) is 3.80. The summed E-state index contributed by atoms with van der Waals surface area (Å²) in [5.74, 6) is -3.07. The Labute approximate surface area is 278 Å². The molecule has 0 unspecified atom stereocenters. The van der Waals surface area contributed by atoms with Crippen molar-refractivity contribution in [2.45, 2.75) is 70.9 Å². The van der Waals surface area contributed by atoms with Gasteiger partial charge in [-0.25, -0.2) is 9.37 Å². The van der Waals surface area contributed by atoms with Crippen LogP contribution in [0.5, 0.6) is 0 Å². The van der Waals surface area contributed by atoms with E-state index < -0.39 is 29.6 Å². The fourth-order valence-corrected chi connectivity index (χ4v) is 7.17. The van der Waals surface area contributed by atoms with Crippen LogP contribution in [0.2, 0.25) is 0 Å². The Morgan fingerprint density at radius 3 is 2.47 bits per heavy atom. The minimum absolute atomic E-state index is 0.00580. The van der Waals surface area contributed by atoms with Gasteiger partial charge in [-0.1, -0.05) is 32.3 Å². The van der Waals surface area contributed by atoms with Gasteiger partial charge in [-0.15, -0.1) is 11.3 Å². The van der Waals surface area contributed by atoms with Crippen molar-refractivity contribution in [1.82, 2.24) is 29.9 Å². The second-order valence-corrected chi connectivity index (χ2v) is 13.4. The molecule has 13 heteroatoms. The Hall–Kier alpha value is -3.97. The molecule has 2 aromatic heterocycles. The Morgan fingerprint density at radius 1 is 1.06 bits per heavy atom. The minimum atomic E-state index is -0.953. The van der Waals surface area contributed by atoms with Gasteiger partial charge in [0.2, 0.25) is 11.8 Å². The van der Waals surface area contributed by atoms with Gasteiger partial charge in [0.05, 0.1) is 11.2 Å². The maximum absolute atomic E-state index is 15.7. The fourth-order valence-electron chi connectivity index (χ4n) is 6.63. The molecule has 47 heavy (non-hydrogen) atoms. The van der Waals surface area contributed by atoms with Crippen LogP contribution in [0.4, 0.5) is 10.1 Å². The van der Waals surface area contributed by atoms with Gasteiger partial charge in [-0.3, -0.25) is 23.9 Å². The number of thiazole rings is 1. The van der Waals surface area contributed by atoms with Crippen LogP contribution in [0.3, 0.4) is 0 Å². The first-order valence-corrected chi connectivity index (χ1v) is 17.4. The number of likely N-dealkylation sites (N-methyl/N-ethyl adjacent to an activating group) is 1. The third-order valence-corrected chi connectivity index (χ3v) is 10.2. The van der Waals surface area contributed by atoms with E-state index >= 15 is 4.39 Å². The van der Waals surface area contributed by atoms with Crippen LogP contribution in [0.1, 0.15) is 84.8 Å². The number of halogens is 1. The minimum Gasteiger partial charge on any atom is -0.338 e. The molecule has 0 spiro atoms. The molecule has 2 aliphatic rings. The van der Waals surface area contributed by atoms with E-state index in [-0.39, 0.29) is 41.3 Å². The molecule has 0 radical (unpaired) electrons. The second-order valence-electron chi connectivity index (χ2n) is 12.6. The highest BCUT2D eigenvalue weighted by molar-refractivity contribution is 7.07.